The Bertz CT molecular complexity index is 240. The molecule has 72 valence electrons. The van der Waals surface area contributed by atoms with Crippen LogP contribution >= 0.6 is 0 Å². The van der Waals surface area contributed by atoms with E-state index in [1.807, 2.05) is 6.92 Å². The molecular weight excluding hydrogens is 166 g/mol. The first-order chi connectivity index (χ1) is 6.24. The quantitative estimate of drug-likeness (QED) is 0.749. The fraction of sp³-hybridized carbons (Fsp3) is 0.556. The summed E-state index contributed by atoms with van der Waals surface area (Å²) < 4.78 is 5.11. The van der Waals surface area contributed by atoms with E-state index >= 15 is 0 Å². The zero-order chi connectivity index (χ0) is 9.68. The maximum atomic E-state index is 5.89. The van der Waals surface area contributed by atoms with E-state index in [0.29, 0.717) is 0 Å². The van der Waals surface area contributed by atoms with Gasteiger partial charge in [0.1, 0.15) is 0 Å². The van der Waals surface area contributed by atoms with Gasteiger partial charge in [0.25, 0.3) is 0 Å². The molecule has 0 saturated carbocycles. The fourth-order valence-electron chi connectivity index (χ4n) is 1.08. The van der Waals surface area contributed by atoms with Crippen molar-refractivity contribution in [3.63, 3.8) is 0 Å². The third kappa shape index (κ3) is 3.08. The molecule has 0 bridgehead atoms. The van der Waals surface area contributed by atoms with E-state index in [1.54, 1.807) is 25.7 Å². The first kappa shape index (κ1) is 10.1. The van der Waals surface area contributed by atoms with Crippen molar-refractivity contribution in [3.8, 4) is 0 Å². The number of ether oxygens (including phenoxy) is 1. The molecule has 13 heavy (non-hydrogen) atoms. The molecule has 1 heterocycles. The van der Waals surface area contributed by atoms with Crippen molar-refractivity contribution in [2.75, 3.05) is 7.11 Å². The zero-order valence-electron chi connectivity index (χ0n) is 7.97. The number of hydrogen-bond acceptors (Lipinski definition) is 4. The normalized spacial score (nSPS) is 15.3. The second-order valence-corrected chi connectivity index (χ2v) is 3.02. The number of nitrogens with zero attached hydrogens (tertiary/aromatic N) is 2. The Morgan fingerprint density at radius 2 is 2.31 bits per heavy atom. The van der Waals surface area contributed by atoms with Crippen LogP contribution < -0.4 is 5.73 Å². The predicted octanol–water partition coefficient (Wildman–Crippen LogP) is 0.901. The molecule has 4 nitrogen and oxygen atoms in total. The first-order valence-corrected chi connectivity index (χ1v) is 4.28. The minimum atomic E-state index is -0.0938. The highest BCUT2D eigenvalue weighted by molar-refractivity contribution is 5.01. The first-order valence-electron chi connectivity index (χ1n) is 4.28. The summed E-state index contributed by atoms with van der Waals surface area (Å²) in [5.41, 5.74) is 6.70. The van der Waals surface area contributed by atoms with Crippen molar-refractivity contribution in [1.82, 2.24) is 9.97 Å². The Morgan fingerprint density at radius 3 is 2.85 bits per heavy atom. The van der Waals surface area contributed by atoms with Gasteiger partial charge < -0.3 is 10.5 Å². The molecule has 0 amide bonds. The van der Waals surface area contributed by atoms with Crippen molar-refractivity contribution in [3.05, 3.63) is 24.3 Å². The van der Waals surface area contributed by atoms with E-state index in [0.717, 1.165) is 12.1 Å². The van der Waals surface area contributed by atoms with Gasteiger partial charge in [0.2, 0.25) is 0 Å². The van der Waals surface area contributed by atoms with Crippen LogP contribution in [0.3, 0.4) is 0 Å². The van der Waals surface area contributed by atoms with Crippen molar-refractivity contribution in [2.24, 2.45) is 5.73 Å². The predicted molar refractivity (Wildman–Crippen MR) is 50.0 cm³/mol. The van der Waals surface area contributed by atoms with E-state index in [-0.39, 0.29) is 12.1 Å². The highest BCUT2D eigenvalue weighted by Crippen LogP contribution is 2.12. The van der Waals surface area contributed by atoms with Crippen LogP contribution in [0, 0.1) is 0 Å². The Balaban J connectivity index is 2.53. The second kappa shape index (κ2) is 4.89. The fourth-order valence-corrected chi connectivity index (χ4v) is 1.08. The lowest BCUT2D eigenvalue weighted by atomic mass is 10.1. The summed E-state index contributed by atoms with van der Waals surface area (Å²) >= 11 is 0. The average Bonchev–Trinajstić information content (AvgIpc) is 2.19. The molecule has 4 heteroatoms. The van der Waals surface area contributed by atoms with Gasteiger partial charge in [0, 0.05) is 25.7 Å². The van der Waals surface area contributed by atoms with Crippen LogP contribution in [0.2, 0.25) is 0 Å². The standard InChI is InChI=1S/C9H15N3O/c1-7(13-2)5-8(10)9-6-11-3-4-12-9/h3-4,6-8H,5,10H2,1-2H3. The number of methoxy groups -OCH3 is 1. The Morgan fingerprint density at radius 1 is 1.54 bits per heavy atom. The molecule has 0 aromatic carbocycles. The van der Waals surface area contributed by atoms with E-state index in [1.165, 1.54) is 0 Å². The van der Waals surface area contributed by atoms with Crippen LogP contribution in [0.1, 0.15) is 25.1 Å². The molecular formula is C9H15N3O. The molecule has 1 aromatic rings. The highest BCUT2D eigenvalue weighted by Gasteiger charge is 2.11. The van der Waals surface area contributed by atoms with Gasteiger partial charge in [-0.05, 0) is 13.3 Å². The molecule has 0 aliphatic heterocycles. The van der Waals surface area contributed by atoms with Gasteiger partial charge in [-0.3, -0.25) is 9.97 Å². The average molecular weight is 181 g/mol. The molecule has 1 aromatic heterocycles. The molecule has 2 unspecified atom stereocenters. The van der Waals surface area contributed by atoms with Crippen molar-refractivity contribution in [1.29, 1.82) is 0 Å². The molecule has 0 radical (unpaired) electrons. The molecule has 1 rings (SSSR count). The number of aromatic nitrogens is 2. The summed E-state index contributed by atoms with van der Waals surface area (Å²) in [6.07, 6.45) is 5.88. The summed E-state index contributed by atoms with van der Waals surface area (Å²) in [7, 11) is 1.67. The van der Waals surface area contributed by atoms with Crippen molar-refractivity contribution >= 4 is 0 Å². The topological polar surface area (TPSA) is 61.0 Å². The van der Waals surface area contributed by atoms with Crippen molar-refractivity contribution in [2.45, 2.75) is 25.5 Å². The van der Waals surface area contributed by atoms with Gasteiger partial charge in [0.05, 0.1) is 17.8 Å². The van der Waals surface area contributed by atoms with Gasteiger partial charge in [-0.15, -0.1) is 0 Å². The van der Waals surface area contributed by atoms with Crippen LogP contribution in [0.4, 0.5) is 0 Å². The molecule has 0 fully saturated rings. The molecule has 2 N–H and O–H groups in total. The monoisotopic (exact) mass is 181 g/mol. The number of rotatable bonds is 4. The van der Waals surface area contributed by atoms with Crippen LogP contribution in [0.5, 0.6) is 0 Å². The second-order valence-electron chi connectivity index (χ2n) is 3.02. The summed E-state index contributed by atoms with van der Waals surface area (Å²) in [5.74, 6) is 0. The third-order valence-electron chi connectivity index (χ3n) is 1.95. The summed E-state index contributed by atoms with van der Waals surface area (Å²) in [6.45, 7) is 1.98. The summed E-state index contributed by atoms with van der Waals surface area (Å²) in [5, 5.41) is 0. The lowest BCUT2D eigenvalue weighted by molar-refractivity contribution is 0.104. The van der Waals surface area contributed by atoms with Crippen molar-refractivity contribution < 1.29 is 4.74 Å². The van der Waals surface area contributed by atoms with Crippen LogP contribution in [-0.2, 0) is 4.74 Å². The highest BCUT2D eigenvalue weighted by atomic mass is 16.5. The van der Waals surface area contributed by atoms with Gasteiger partial charge in [-0.2, -0.15) is 0 Å². The van der Waals surface area contributed by atoms with E-state index < -0.39 is 0 Å². The van der Waals surface area contributed by atoms with Gasteiger partial charge >= 0.3 is 0 Å². The molecule has 0 saturated heterocycles. The molecule has 2 atom stereocenters. The third-order valence-corrected chi connectivity index (χ3v) is 1.95. The molecule has 0 aliphatic rings. The maximum Gasteiger partial charge on any atom is 0.0754 e. The Kier molecular flexibility index (Phi) is 3.79. The smallest absolute Gasteiger partial charge is 0.0754 e. The largest absolute Gasteiger partial charge is 0.382 e. The zero-order valence-corrected chi connectivity index (χ0v) is 7.97. The summed E-state index contributed by atoms with van der Waals surface area (Å²) in [6, 6.07) is -0.0938. The Labute approximate surface area is 78.1 Å². The van der Waals surface area contributed by atoms with E-state index in [4.69, 9.17) is 10.5 Å². The number of hydrogen-bond donors (Lipinski definition) is 1. The maximum absolute atomic E-state index is 5.89. The molecule has 0 aliphatic carbocycles. The van der Waals surface area contributed by atoms with E-state index in [2.05, 4.69) is 9.97 Å². The van der Waals surface area contributed by atoms with Gasteiger partial charge in [-0.25, -0.2) is 0 Å². The van der Waals surface area contributed by atoms with Crippen LogP contribution in [-0.4, -0.2) is 23.2 Å². The van der Waals surface area contributed by atoms with E-state index in [9.17, 15) is 0 Å². The Hall–Kier alpha value is -1.00. The summed E-state index contributed by atoms with van der Waals surface area (Å²) in [4.78, 5) is 8.08. The molecule has 0 spiro atoms. The van der Waals surface area contributed by atoms with Crippen LogP contribution in [0.15, 0.2) is 18.6 Å². The lowest BCUT2D eigenvalue weighted by Crippen LogP contribution is -2.19. The van der Waals surface area contributed by atoms with Gasteiger partial charge in [0.15, 0.2) is 0 Å². The minimum Gasteiger partial charge on any atom is -0.382 e. The minimum absolute atomic E-state index is 0.0938. The van der Waals surface area contributed by atoms with Gasteiger partial charge in [-0.1, -0.05) is 0 Å². The number of nitrogens with two attached hydrogens (primary N) is 1. The SMILES string of the molecule is COC(C)CC(N)c1cnccn1. The van der Waals surface area contributed by atoms with Crippen LogP contribution in [0.25, 0.3) is 0 Å². The lowest BCUT2D eigenvalue weighted by Gasteiger charge is -2.14.